The minimum atomic E-state index is -3.68. The number of ether oxygens (including phenoxy) is 1. The summed E-state index contributed by atoms with van der Waals surface area (Å²) >= 11 is 0. The van der Waals surface area contributed by atoms with E-state index in [4.69, 9.17) is 9.84 Å². The van der Waals surface area contributed by atoms with E-state index >= 15 is 0 Å². The van der Waals surface area contributed by atoms with Gasteiger partial charge in [-0.1, -0.05) is 6.92 Å². The molecule has 0 aliphatic carbocycles. The second kappa shape index (κ2) is 5.83. The lowest BCUT2D eigenvalue weighted by atomic mass is 10.2. The van der Waals surface area contributed by atoms with Crippen LogP contribution in [0, 0.1) is 5.92 Å². The molecule has 0 heterocycles. The van der Waals surface area contributed by atoms with Crippen molar-refractivity contribution in [1.29, 1.82) is 0 Å². The van der Waals surface area contributed by atoms with Gasteiger partial charge in [0.1, 0.15) is 5.75 Å². The molecule has 1 atom stereocenters. The highest BCUT2D eigenvalue weighted by molar-refractivity contribution is 7.89. The lowest BCUT2D eigenvalue weighted by Gasteiger charge is -2.09. The zero-order chi connectivity index (χ0) is 13.8. The molecular weight excluding hydrogens is 258 g/mol. The molecule has 0 radical (unpaired) electrons. The van der Waals surface area contributed by atoms with Crippen LogP contribution in [0.4, 0.5) is 0 Å². The van der Waals surface area contributed by atoms with Crippen LogP contribution in [0.15, 0.2) is 29.2 Å². The first-order chi connectivity index (χ1) is 8.36. The van der Waals surface area contributed by atoms with Crippen molar-refractivity contribution < 1.29 is 23.1 Å². The molecule has 7 heteroatoms. The Morgan fingerprint density at radius 3 is 2.39 bits per heavy atom. The molecule has 6 nitrogen and oxygen atoms in total. The molecule has 1 aromatic rings. The molecule has 0 spiro atoms. The Hall–Kier alpha value is -1.60. The van der Waals surface area contributed by atoms with Gasteiger partial charge in [0, 0.05) is 6.54 Å². The van der Waals surface area contributed by atoms with Crippen molar-refractivity contribution >= 4 is 16.0 Å². The fourth-order valence-electron chi connectivity index (χ4n) is 1.16. The first kappa shape index (κ1) is 14.5. The second-order valence-electron chi connectivity index (χ2n) is 3.77. The van der Waals surface area contributed by atoms with Crippen molar-refractivity contribution in [3.8, 4) is 5.75 Å². The molecule has 0 fully saturated rings. The average molecular weight is 273 g/mol. The zero-order valence-electron chi connectivity index (χ0n) is 10.1. The Morgan fingerprint density at radius 2 is 1.94 bits per heavy atom. The van der Waals surface area contributed by atoms with E-state index in [1.54, 1.807) is 0 Å². The summed E-state index contributed by atoms with van der Waals surface area (Å²) in [6, 6.07) is 5.84. The first-order valence-electron chi connectivity index (χ1n) is 5.23. The Labute approximate surface area is 106 Å². The van der Waals surface area contributed by atoms with Crippen LogP contribution in [0.25, 0.3) is 0 Å². The van der Waals surface area contributed by atoms with E-state index in [0.717, 1.165) is 0 Å². The fourth-order valence-corrected chi connectivity index (χ4v) is 2.29. The van der Waals surface area contributed by atoms with Crippen LogP contribution in [0.1, 0.15) is 6.92 Å². The number of hydrogen-bond acceptors (Lipinski definition) is 4. The Balaban J connectivity index is 2.76. The lowest BCUT2D eigenvalue weighted by molar-refractivity contribution is -0.140. The number of rotatable bonds is 6. The first-order valence-corrected chi connectivity index (χ1v) is 6.71. The monoisotopic (exact) mass is 273 g/mol. The SMILES string of the molecule is COc1ccc(S(=O)(=O)NCC(C)C(=O)O)cc1. The number of methoxy groups -OCH3 is 1. The van der Waals surface area contributed by atoms with Gasteiger partial charge >= 0.3 is 5.97 Å². The van der Waals surface area contributed by atoms with Gasteiger partial charge in [-0.05, 0) is 24.3 Å². The quantitative estimate of drug-likeness (QED) is 0.795. The minimum Gasteiger partial charge on any atom is -0.497 e. The molecule has 18 heavy (non-hydrogen) atoms. The molecule has 1 unspecified atom stereocenters. The van der Waals surface area contributed by atoms with Gasteiger partial charge in [0.2, 0.25) is 10.0 Å². The van der Waals surface area contributed by atoms with E-state index in [2.05, 4.69) is 4.72 Å². The summed E-state index contributed by atoms with van der Waals surface area (Å²) < 4.78 is 30.8. The maximum Gasteiger partial charge on any atom is 0.307 e. The van der Waals surface area contributed by atoms with Gasteiger partial charge in [-0.25, -0.2) is 13.1 Å². The van der Waals surface area contributed by atoms with E-state index < -0.39 is 21.9 Å². The molecule has 100 valence electrons. The maximum atomic E-state index is 11.8. The highest BCUT2D eigenvalue weighted by Gasteiger charge is 2.18. The van der Waals surface area contributed by atoms with Crippen LogP contribution in [-0.2, 0) is 14.8 Å². The van der Waals surface area contributed by atoms with Crippen molar-refractivity contribution in [2.24, 2.45) is 5.92 Å². The number of aliphatic carboxylic acids is 1. The van der Waals surface area contributed by atoms with E-state index in [-0.39, 0.29) is 11.4 Å². The summed E-state index contributed by atoms with van der Waals surface area (Å²) in [6.07, 6.45) is 0. The molecule has 0 saturated carbocycles. The van der Waals surface area contributed by atoms with Gasteiger partial charge in [-0.3, -0.25) is 4.79 Å². The smallest absolute Gasteiger partial charge is 0.307 e. The van der Waals surface area contributed by atoms with Crippen LogP contribution < -0.4 is 9.46 Å². The Bertz CT molecular complexity index is 509. The van der Waals surface area contributed by atoms with E-state index in [9.17, 15) is 13.2 Å². The molecule has 1 rings (SSSR count). The topological polar surface area (TPSA) is 92.7 Å². The fraction of sp³-hybridized carbons (Fsp3) is 0.364. The van der Waals surface area contributed by atoms with Gasteiger partial charge in [0.15, 0.2) is 0 Å². The minimum absolute atomic E-state index is 0.0703. The van der Waals surface area contributed by atoms with Gasteiger partial charge in [-0.15, -0.1) is 0 Å². The average Bonchev–Trinajstić information content (AvgIpc) is 2.36. The van der Waals surface area contributed by atoms with Crippen LogP contribution in [0.2, 0.25) is 0 Å². The summed E-state index contributed by atoms with van der Waals surface area (Å²) in [4.78, 5) is 10.7. The van der Waals surface area contributed by atoms with Crippen molar-refractivity contribution in [2.75, 3.05) is 13.7 Å². The molecule has 0 saturated heterocycles. The summed E-state index contributed by atoms with van der Waals surface area (Å²) in [5.74, 6) is -1.28. The third-order valence-corrected chi connectivity index (χ3v) is 3.81. The summed E-state index contributed by atoms with van der Waals surface area (Å²) in [5, 5.41) is 8.67. The number of nitrogens with one attached hydrogen (secondary N) is 1. The van der Waals surface area contributed by atoms with Crippen LogP contribution in [0.3, 0.4) is 0 Å². The van der Waals surface area contributed by atoms with Crippen molar-refractivity contribution in [2.45, 2.75) is 11.8 Å². The molecular formula is C11H15NO5S. The van der Waals surface area contributed by atoms with Crippen LogP contribution in [-0.4, -0.2) is 33.1 Å². The number of sulfonamides is 1. The molecule has 0 aliphatic heterocycles. The van der Waals surface area contributed by atoms with Gasteiger partial charge in [0.05, 0.1) is 17.9 Å². The predicted octanol–water partition coefficient (Wildman–Crippen LogP) is 0.694. The number of carbonyl (C=O) groups is 1. The van der Waals surface area contributed by atoms with Gasteiger partial charge in [0.25, 0.3) is 0 Å². The highest BCUT2D eigenvalue weighted by Crippen LogP contribution is 2.15. The summed E-state index contributed by atoms with van der Waals surface area (Å²) in [6.45, 7) is 1.28. The standard InChI is InChI=1S/C11H15NO5S/c1-8(11(13)14)7-12-18(15,16)10-5-3-9(17-2)4-6-10/h3-6,8,12H,7H2,1-2H3,(H,13,14). The largest absolute Gasteiger partial charge is 0.497 e. The second-order valence-corrected chi connectivity index (χ2v) is 5.53. The van der Waals surface area contributed by atoms with E-state index in [0.29, 0.717) is 5.75 Å². The highest BCUT2D eigenvalue weighted by atomic mass is 32.2. The molecule has 0 amide bonds. The van der Waals surface area contributed by atoms with Crippen molar-refractivity contribution in [1.82, 2.24) is 4.72 Å². The third-order valence-electron chi connectivity index (χ3n) is 2.37. The van der Waals surface area contributed by atoms with Crippen LogP contribution in [0.5, 0.6) is 5.75 Å². The van der Waals surface area contributed by atoms with Crippen LogP contribution >= 0.6 is 0 Å². The zero-order valence-corrected chi connectivity index (χ0v) is 10.9. The normalized spacial score (nSPS) is 13.0. The number of carboxylic acid groups (broad SMARTS) is 1. The van der Waals surface area contributed by atoms with Crippen molar-refractivity contribution in [3.05, 3.63) is 24.3 Å². The molecule has 1 aromatic carbocycles. The Kier molecular flexibility index (Phi) is 4.69. The summed E-state index contributed by atoms with van der Waals surface area (Å²) in [7, 11) is -2.20. The Morgan fingerprint density at radius 1 is 1.39 bits per heavy atom. The maximum absolute atomic E-state index is 11.8. The van der Waals surface area contributed by atoms with Gasteiger partial charge in [-0.2, -0.15) is 0 Å². The van der Waals surface area contributed by atoms with E-state index in [1.165, 1.54) is 38.3 Å². The number of benzene rings is 1. The molecule has 0 aromatic heterocycles. The lowest BCUT2D eigenvalue weighted by Crippen LogP contribution is -2.31. The summed E-state index contributed by atoms with van der Waals surface area (Å²) in [5.41, 5.74) is 0. The molecule has 2 N–H and O–H groups in total. The van der Waals surface area contributed by atoms with Gasteiger partial charge < -0.3 is 9.84 Å². The predicted molar refractivity (Wildman–Crippen MR) is 65.0 cm³/mol. The van der Waals surface area contributed by atoms with Crippen molar-refractivity contribution in [3.63, 3.8) is 0 Å². The number of hydrogen-bond donors (Lipinski definition) is 2. The molecule has 0 bridgehead atoms. The van der Waals surface area contributed by atoms with E-state index in [1.807, 2.05) is 0 Å². The molecule has 0 aliphatic rings. The number of carboxylic acids is 1. The third kappa shape index (κ3) is 3.71.